The predicted molar refractivity (Wildman–Crippen MR) is 51.5 cm³/mol. The van der Waals surface area contributed by atoms with Gasteiger partial charge in [0, 0.05) is 5.39 Å². The third-order valence-electron chi connectivity index (χ3n) is 2.32. The Hall–Kier alpha value is -1.35. The largest absolute Gasteiger partial charge is 0.356 e. The van der Waals surface area contributed by atoms with Crippen LogP contribution in [-0.2, 0) is 0 Å². The topological polar surface area (TPSA) is 52.0 Å². The van der Waals surface area contributed by atoms with Crippen LogP contribution in [0.4, 0.5) is 0 Å². The molecule has 3 heteroatoms. The SMILES string of the molecule is CC(CN)c1cccc2oncc12. The van der Waals surface area contributed by atoms with Crippen LogP contribution in [0.15, 0.2) is 28.9 Å². The summed E-state index contributed by atoms with van der Waals surface area (Å²) in [4.78, 5) is 0. The normalized spacial score (nSPS) is 13.4. The van der Waals surface area contributed by atoms with Gasteiger partial charge in [-0.25, -0.2) is 0 Å². The van der Waals surface area contributed by atoms with E-state index in [2.05, 4.69) is 18.1 Å². The Labute approximate surface area is 76.5 Å². The second kappa shape index (κ2) is 3.18. The molecule has 13 heavy (non-hydrogen) atoms. The summed E-state index contributed by atoms with van der Waals surface area (Å²) in [6, 6.07) is 5.95. The first kappa shape index (κ1) is 8.26. The molecule has 1 atom stereocenters. The van der Waals surface area contributed by atoms with Crippen molar-refractivity contribution in [2.24, 2.45) is 5.73 Å². The molecule has 1 heterocycles. The number of benzene rings is 1. The van der Waals surface area contributed by atoms with Crippen LogP contribution in [0.1, 0.15) is 18.4 Å². The van der Waals surface area contributed by atoms with E-state index in [1.54, 1.807) is 6.20 Å². The number of fused-ring (bicyclic) bond motifs is 1. The summed E-state index contributed by atoms with van der Waals surface area (Å²) < 4.78 is 5.06. The molecule has 68 valence electrons. The third kappa shape index (κ3) is 1.31. The standard InChI is InChI=1S/C10H12N2O/c1-7(5-11)8-3-2-4-10-9(8)6-12-13-10/h2-4,6-7H,5,11H2,1H3. The maximum Gasteiger partial charge on any atom is 0.167 e. The average molecular weight is 176 g/mol. The molecule has 2 N–H and O–H groups in total. The second-order valence-electron chi connectivity index (χ2n) is 3.22. The van der Waals surface area contributed by atoms with E-state index in [0.29, 0.717) is 12.5 Å². The van der Waals surface area contributed by atoms with E-state index in [-0.39, 0.29) is 0 Å². The molecule has 0 spiro atoms. The minimum absolute atomic E-state index is 0.350. The highest BCUT2D eigenvalue weighted by Gasteiger charge is 2.09. The molecule has 0 amide bonds. The molecule has 1 aromatic carbocycles. The highest BCUT2D eigenvalue weighted by atomic mass is 16.5. The Morgan fingerprint density at radius 3 is 3.15 bits per heavy atom. The van der Waals surface area contributed by atoms with Crippen molar-refractivity contribution in [1.29, 1.82) is 0 Å². The Morgan fingerprint density at radius 2 is 2.38 bits per heavy atom. The number of aromatic nitrogens is 1. The molecule has 0 aliphatic rings. The fourth-order valence-corrected chi connectivity index (χ4v) is 1.47. The summed E-state index contributed by atoms with van der Waals surface area (Å²) in [5.74, 6) is 0.350. The van der Waals surface area contributed by atoms with E-state index in [1.165, 1.54) is 5.56 Å². The van der Waals surface area contributed by atoms with Crippen LogP contribution in [0.5, 0.6) is 0 Å². The van der Waals surface area contributed by atoms with Gasteiger partial charge in [-0.15, -0.1) is 0 Å². The van der Waals surface area contributed by atoms with Crippen LogP contribution in [0.3, 0.4) is 0 Å². The van der Waals surface area contributed by atoms with Gasteiger partial charge in [0.05, 0.1) is 6.20 Å². The first-order valence-electron chi connectivity index (χ1n) is 4.36. The zero-order chi connectivity index (χ0) is 9.26. The van der Waals surface area contributed by atoms with Crippen LogP contribution in [0, 0.1) is 0 Å². The maximum atomic E-state index is 5.61. The van der Waals surface area contributed by atoms with Gasteiger partial charge in [-0.1, -0.05) is 24.2 Å². The third-order valence-corrected chi connectivity index (χ3v) is 2.32. The molecule has 0 aliphatic heterocycles. The average Bonchev–Trinajstić information content (AvgIpc) is 2.63. The Kier molecular flexibility index (Phi) is 2.02. The lowest BCUT2D eigenvalue weighted by Crippen LogP contribution is -2.08. The van der Waals surface area contributed by atoms with E-state index in [1.807, 2.05) is 12.1 Å². The van der Waals surface area contributed by atoms with Gasteiger partial charge in [0.25, 0.3) is 0 Å². The van der Waals surface area contributed by atoms with Crippen molar-refractivity contribution in [1.82, 2.24) is 5.16 Å². The van der Waals surface area contributed by atoms with Crippen molar-refractivity contribution in [3.8, 4) is 0 Å². The summed E-state index contributed by atoms with van der Waals surface area (Å²) in [5, 5.41) is 4.83. The summed E-state index contributed by atoms with van der Waals surface area (Å²) in [5.41, 5.74) is 7.65. The zero-order valence-electron chi connectivity index (χ0n) is 7.53. The summed E-state index contributed by atoms with van der Waals surface area (Å²) in [6.45, 7) is 2.74. The Balaban J connectivity index is 2.60. The van der Waals surface area contributed by atoms with E-state index in [4.69, 9.17) is 10.3 Å². The van der Waals surface area contributed by atoms with Gasteiger partial charge in [0.15, 0.2) is 5.58 Å². The fourth-order valence-electron chi connectivity index (χ4n) is 1.47. The molecule has 1 aromatic heterocycles. The number of nitrogens with zero attached hydrogens (tertiary/aromatic N) is 1. The van der Waals surface area contributed by atoms with E-state index in [0.717, 1.165) is 11.0 Å². The van der Waals surface area contributed by atoms with Crippen molar-refractivity contribution >= 4 is 11.0 Å². The van der Waals surface area contributed by atoms with Crippen molar-refractivity contribution in [2.75, 3.05) is 6.54 Å². The molecule has 3 nitrogen and oxygen atoms in total. The van der Waals surface area contributed by atoms with Crippen LogP contribution in [0.25, 0.3) is 11.0 Å². The number of hydrogen-bond acceptors (Lipinski definition) is 3. The highest BCUT2D eigenvalue weighted by Crippen LogP contribution is 2.24. The smallest absolute Gasteiger partial charge is 0.167 e. The molecule has 2 aromatic rings. The van der Waals surface area contributed by atoms with E-state index >= 15 is 0 Å². The fraction of sp³-hybridized carbons (Fsp3) is 0.300. The minimum atomic E-state index is 0.350. The quantitative estimate of drug-likeness (QED) is 0.760. The molecule has 0 saturated carbocycles. The molecule has 0 fully saturated rings. The number of hydrogen-bond donors (Lipinski definition) is 1. The molecule has 0 saturated heterocycles. The van der Waals surface area contributed by atoms with Crippen LogP contribution >= 0.6 is 0 Å². The zero-order valence-corrected chi connectivity index (χ0v) is 7.53. The number of nitrogens with two attached hydrogens (primary N) is 1. The summed E-state index contributed by atoms with van der Waals surface area (Å²) in [7, 11) is 0. The van der Waals surface area contributed by atoms with Gasteiger partial charge < -0.3 is 10.3 Å². The van der Waals surface area contributed by atoms with Gasteiger partial charge in [-0.2, -0.15) is 0 Å². The van der Waals surface area contributed by atoms with Gasteiger partial charge in [-0.05, 0) is 24.1 Å². The maximum absolute atomic E-state index is 5.61. The molecule has 0 aliphatic carbocycles. The lowest BCUT2D eigenvalue weighted by Gasteiger charge is -2.08. The molecular weight excluding hydrogens is 164 g/mol. The highest BCUT2D eigenvalue weighted by molar-refractivity contribution is 5.80. The lowest BCUT2D eigenvalue weighted by atomic mass is 9.98. The predicted octanol–water partition coefficient (Wildman–Crippen LogP) is 1.89. The molecule has 0 radical (unpaired) electrons. The Morgan fingerprint density at radius 1 is 1.54 bits per heavy atom. The lowest BCUT2D eigenvalue weighted by molar-refractivity contribution is 0.456. The van der Waals surface area contributed by atoms with Gasteiger partial charge >= 0.3 is 0 Å². The molecule has 2 rings (SSSR count). The second-order valence-corrected chi connectivity index (χ2v) is 3.22. The van der Waals surface area contributed by atoms with Crippen molar-refractivity contribution in [3.63, 3.8) is 0 Å². The monoisotopic (exact) mass is 176 g/mol. The first-order chi connectivity index (χ1) is 6.33. The molecule has 0 bridgehead atoms. The first-order valence-corrected chi connectivity index (χ1v) is 4.36. The van der Waals surface area contributed by atoms with Crippen LogP contribution in [-0.4, -0.2) is 11.7 Å². The summed E-state index contributed by atoms with van der Waals surface area (Å²) in [6.07, 6.45) is 1.75. The van der Waals surface area contributed by atoms with Gasteiger partial charge in [0.2, 0.25) is 0 Å². The van der Waals surface area contributed by atoms with Gasteiger partial charge in [0.1, 0.15) is 0 Å². The number of rotatable bonds is 2. The van der Waals surface area contributed by atoms with Crippen LogP contribution < -0.4 is 5.73 Å². The summed E-state index contributed by atoms with van der Waals surface area (Å²) >= 11 is 0. The molecular formula is C10H12N2O. The van der Waals surface area contributed by atoms with Crippen LogP contribution in [0.2, 0.25) is 0 Å². The van der Waals surface area contributed by atoms with E-state index < -0.39 is 0 Å². The van der Waals surface area contributed by atoms with Crippen molar-refractivity contribution in [2.45, 2.75) is 12.8 Å². The van der Waals surface area contributed by atoms with Crippen molar-refractivity contribution in [3.05, 3.63) is 30.0 Å². The minimum Gasteiger partial charge on any atom is -0.356 e. The molecule has 1 unspecified atom stereocenters. The van der Waals surface area contributed by atoms with E-state index in [9.17, 15) is 0 Å². The Bertz CT molecular complexity index is 408. The van der Waals surface area contributed by atoms with Gasteiger partial charge in [-0.3, -0.25) is 0 Å². The van der Waals surface area contributed by atoms with Crippen molar-refractivity contribution < 1.29 is 4.52 Å².